The van der Waals surface area contributed by atoms with Gasteiger partial charge in [0.1, 0.15) is 33.8 Å². The molecular formula is C47H66F3N7O15S2. The van der Waals surface area contributed by atoms with E-state index in [1.54, 1.807) is 46.4 Å². The van der Waals surface area contributed by atoms with Crippen LogP contribution in [0.3, 0.4) is 0 Å². The van der Waals surface area contributed by atoms with Crippen LogP contribution in [0.4, 0.5) is 32.7 Å². The molecule has 2 atom stereocenters. The third-order valence-electron chi connectivity index (χ3n) is 10.1. The van der Waals surface area contributed by atoms with Crippen LogP contribution in [0, 0.1) is 5.92 Å². The lowest BCUT2D eigenvalue weighted by Gasteiger charge is -2.38. The van der Waals surface area contributed by atoms with Crippen molar-refractivity contribution in [2.24, 2.45) is 11.1 Å². The number of carboxylic acids is 1. The van der Waals surface area contributed by atoms with Gasteiger partial charge in [0, 0.05) is 25.0 Å². The van der Waals surface area contributed by atoms with Crippen LogP contribution in [0.2, 0.25) is 0 Å². The Morgan fingerprint density at radius 1 is 0.892 bits per heavy atom. The number of alkyl carbamates (subject to hydrolysis) is 1. The number of hydrogen-bond acceptors (Lipinski definition) is 17. The highest BCUT2D eigenvalue weighted by molar-refractivity contribution is 7.86. The smallest absolute Gasteiger partial charge is 0.485 e. The van der Waals surface area contributed by atoms with Gasteiger partial charge in [0.2, 0.25) is 11.9 Å². The van der Waals surface area contributed by atoms with Gasteiger partial charge < -0.3 is 48.4 Å². The topological polar surface area (TPSA) is 280 Å². The van der Waals surface area contributed by atoms with E-state index < -0.39 is 79.6 Å². The summed E-state index contributed by atoms with van der Waals surface area (Å²) in [5, 5.41) is 20.9. The van der Waals surface area contributed by atoms with Gasteiger partial charge in [-0.15, -0.1) is 16.0 Å². The number of alkyl halides is 3. The second-order valence-corrected chi connectivity index (χ2v) is 23.7. The number of ether oxygens (including phenoxy) is 5. The van der Waals surface area contributed by atoms with Crippen LogP contribution in [0.5, 0.6) is 5.75 Å². The number of thiazole rings is 1. The number of hydrogen-bond donors (Lipinski definition) is 3. The number of amides is 3. The molecule has 3 aromatic rings. The number of likely N-dealkylation sites (tertiary alicyclic amines) is 1. The molecule has 0 saturated carbocycles. The van der Waals surface area contributed by atoms with E-state index in [-0.39, 0.29) is 29.3 Å². The Labute approximate surface area is 431 Å². The molecule has 3 amide bonds. The van der Waals surface area contributed by atoms with E-state index in [1.807, 2.05) is 59.7 Å². The van der Waals surface area contributed by atoms with Crippen LogP contribution in [0.1, 0.15) is 114 Å². The predicted molar refractivity (Wildman–Crippen MR) is 260 cm³/mol. The molecule has 1 fully saturated rings. The molecule has 2 aliphatic rings. The average molecular weight is 1090 g/mol. The van der Waals surface area contributed by atoms with Gasteiger partial charge in [0.25, 0.3) is 5.60 Å². The number of anilines is 1. The molecule has 0 radical (unpaired) electrons. The Bertz CT molecular complexity index is 2660. The Morgan fingerprint density at radius 3 is 2.03 bits per heavy atom. The second-order valence-electron chi connectivity index (χ2n) is 21.5. The number of nitrogens with zero attached hydrogens (tertiary/aromatic N) is 5. The molecule has 3 N–H and O–H groups in total. The fourth-order valence-corrected chi connectivity index (χ4v) is 7.58. The molecule has 22 nitrogen and oxygen atoms in total. The first-order valence-corrected chi connectivity index (χ1v) is 25.6. The van der Waals surface area contributed by atoms with Crippen molar-refractivity contribution in [3.05, 3.63) is 47.2 Å². The maximum Gasteiger partial charge on any atom is 0.485 e. The molecule has 74 heavy (non-hydrogen) atoms. The lowest BCUT2D eigenvalue weighted by molar-refractivity contribution is -0.781. The molecule has 0 bridgehead atoms. The fourth-order valence-electron chi connectivity index (χ4n) is 6.90. The molecule has 0 spiro atoms. The number of benzene rings is 1. The van der Waals surface area contributed by atoms with Gasteiger partial charge in [-0.05, 0) is 133 Å². The van der Waals surface area contributed by atoms with Crippen LogP contribution in [0.15, 0.2) is 41.1 Å². The summed E-state index contributed by atoms with van der Waals surface area (Å²) >= 11 is 0.957. The van der Waals surface area contributed by atoms with Crippen LogP contribution < -0.4 is 20.1 Å². The number of rotatable bonds is 14. The number of esters is 1. The molecule has 0 unspecified atom stereocenters. The van der Waals surface area contributed by atoms with E-state index in [9.17, 15) is 42.3 Å². The summed E-state index contributed by atoms with van der Waals surface area (Å²) in [6.45, 7) is 25.4. The summed E-state index contributed by atoms with van der Waals surface area (Å²) in [6.07, 6.45) is 2.97. The molecule has 4 heterocycles. The van der Waals surface area contributed by atoms with E-state index in [0.29, 0.717) is 51.3 Å². The summed E-state index contributed by atoms with van der Waals surface area (Å²) in [4.78, 5) is 75.5. The van der Waals surface area contributed by atoms with Crippen molar-refractivity contribution in [2.45, 2.75) is 162 Å². The van der Waals surface area contributed by atoms with Crippen LogP contribution in [0.25, 0.3) is 11.1 Å². The van der Waals surface area contributed by atoms with E-state index in [1.165, 1.54) is 12.3 Å². The van der Waals surface area contributed by atoms with Crippen LogP contribution >= 0.6 is 11.3 Å². The van der Waals surface area contributed by atoms with Crippen molar-refractivity contribution >= 4 is 62.5 Å². The van der Waals surface area contributed by atoms with Crippen molar-refractivity contribution in [3.63, 3.8) is 0 Å². The molecule has 27 heteroatoms. The highest BCUT2D eigenvalue weighted by Crippen LogP contribution is 2.37. The molecular weight excluding hydrogens is 1020 g/mol. The SMILES string of the molecule is CC(C)(C)OC(=O)NCCCn1cc(-c2ccc3c(c2)CC[C@H]([C@](C)(O/N=C(\C(=O)O)c2csc(NC(=O)OC(C)(C)C)n2)C(=O)OC(C)(C)C)O3)c[n+]1CC1CN(C(=O)OC(C)(C)C)C1.O=S(=O)([O-])C(F)(F)F. The number of carbonyl (C=O) groups is 5. The number of aromatic nitrogens is 3. The maximum atomic E-state index is 13.9. The van der Waals surface area contributed by atoms with Gasteiger partial charge in [0.15, 0.2) is 27.9 Å². The van der Waals surface area contributed by atoms with Crippen molar-refractivity contribution < 1.29 is 88.4 Å². The molecule has 0 aliphatic carbocycles. The molecule has 1 aromatic carbocycles. The van der Waals surface area contributed by atoms with E-state index in [2.05, 4.69) is 42.5 Å². The van der Waals surface area contributed by atoms with Crippen LogP contribution in [-0.4, -0.2) is 128 Å². The standard InChI is InChI=1S/C46H65N7O12S.CHF3O3S/c1-42(2,3)61-37(56)46(13,65-50-35(36(54)55)32-27-66-38(48-32)49-40(58)63-44(7,8)9)34-18-16-30-21-29(15-17-33(30)60-34)31-25-52(20-14-19-47-39(57)62-43(4,5)6)53(26-31)24-28-22-51(23-28)41(59)64-45(10,11)12;2-1(3,4)8(5,6)7/h15,17,21,25-28,34H,14,16,18-20,22-24H2,1-13H3,(H2-,47,48,49,54,55,57,58);(H,5,6,7)/b50-35-;/t34-,46+;/m1./s1. The van der Waals surface area contributed by atoms with Crippen molar-refractivity contribution in [1.29, 1.82) is 0 Å². The minimum atomic E-state index is -6.09. The fraction of sp³-hybridized carbons (Fsp3) is 0.617. The molecule has 1 saturated heterocycles. The summed E-state index contributed by atoms with van der Waals surface area (Å²) in [7, 11) is -6.09. The monoisotopic (exact) mass is 1090 g/mol. The van der Waals surface area contributed by atoms with Crippen molar-refractivity contribution in [3.8, 4) is 16.9 Å². The number of carboxylic acid groups (broad SMARTS) is 1. The lowest BCUT2D eigenvalue weighted by atomic mass is 9.89. The summed E-state index contributed by atoms with van der Waals surface area (Å²) < 4.78 is 91.6. The predicted octanol–water partition coefficient (Wildman–Crippen LogP) is 7.38. The number of halogens is 3. The zero-order valence-corrected chi connectivity index (χ0v) is 45.3. The number of aryl methyl sites for hydroxylation is 2. The van der Waals surface area contributed by atoms with Crippen molar-refractivity contribution in [2.75, 3.05) is 25.0 Å². The highest BCUT2D eigenvalue weighted by Gasteiger charge is 2.51. The van der Waals surface area contributed by atoms with Gasteiger partial charge in [-0.2, -0.15) is 17.9 Å². The van der Waals surface area contributed by atoms with E-state index in [0.717, 1.165) is 28.0 Å². The second kappa shape index (κ2) is 23.1. The minimum Gasteiger partial charge on any atom is -0.741 e. The summed E-state index contributed by atoms with van der Waals surface area (Å²) in [5.74, 6) is -1.59. The minimum absolute atomic E-state index is 0.0682. The number of fused-ring (bicyclic) bond motifs is 1. The molecule has 412 valence electrons. The first-order chi connectivity index (χ1) is 33.7. The molecule has 5 rings (SSSR count). The zero-order chi connectivity index (χ0) is 56.0. The van der Waals surface area contributed by atoms with Gasteiger partial charge >= 0.3 is 35.7 Å². The quantitative estimate of drug-likeness (QED) is 0.0207. The van der Waals surface area contributed by atoms with Gasteiger partial charge in [0.05, 0.1) is 24.2 Å². The van der Waals surface area contributed by atoms with E-state index >= 15 is 0 Å². The third kappa shape index (κ3) is 18.3. The lowest BCUT2D eigenvalue weighted by Crippen LogP contribution is -2.58. The molecule has 2 aliphatic heterocycles. The Hall–Kier alpha value is -6.22. The number of carbonyl (C=O) groups excluding carboxylic acids is 4. The van der Waals surface area contributed by atoms with Crippen LogP contribution in [-0.2, 0) is 63.0 Å². The first-order valence-electron chi connectivity index (χ1n) is 23.3. The Balaban J connectivity index is 0.00000136. The highest BCUT2D eigenvalue weighted by atomic mass is 32.2. The number of aliphatic carboxylic acids is 1. The number of oxime groups is 1. The van der Waals surface area contributed by atoms with E-state index in [4.69, 9.17) is 41.5 Å². The van der Waals surface area contributed by atoms with Gasteiger partial charge in [-0.25, -0.2) is 37.4 Å². The third-order valence-corrected chi connectivity index (χ3v) is 11.4. The normalized spacial score (nSPS) is 16.4. The largest absolute Gasteiger partial charge is 0.741 e. The number of nitrogens with one attached hydrogen (secondary N) is 2. The Morgan fingerprint density at radius 2 is 1.47 bits per heavy atom. The zero-order valence-electron chi connectivity index (χ0n) is 43.6. The Kier molecular flexibility index (Phi) is 18.9. The average Bonchev–Trinajstić information content (AvgIpc) is 3.83. The maximum absolute atomic E-state index is 13.9. The summed E-state index contributed by atoms with van der Waals surface area (Å²) in [6, 6.07) is 5.77. The molecule has 2 aromatic heterocycles. The summed E-state index contributed by atoms with van der Waals surface area (Å²) in [5.41, 5.74) is -8.44. The van der Waals surface area contributed by atoms with Gasteiger partial charge in [-0.1, -0.05) is 11.2 Å². The van der Waals surface area contributed by atoms with Crippen molar-refractivity contribution in [1.82, 2.24) is 19.9 Å². The van der Waals surface area contributed by atoms with Gasteiger partial charge in [-0.3, -0.25) is 5.32 Å². The first kappa shape index (κ1) is 60.3.